The number of imidazole rings is 1. The molecule has 3 aromatic heterocycles. The maximum absolute atomic E-state index is 12.4. The van der Waals surface area contributed by atoms with E-state index in [9.17, 15) is 62.3 Å². The predicted molar refractivity (Wildman–Crippen MR) is 278 cm³/mol. The lowest BCUT2D eigenvalue weighted by atomic mass is 10.1. The summed E-state index contributed by atoms with van der Waals surface area (Å²) < 4.78 is 141. The average molecular weight is 1140 g/mol. The summed E-state index contributed by atoms with van der Waals surface area (Å²) in [4.78, 5) is 8.24. The Kier molecular flexibility index (Phi) is 15.2. The molecule has 5 N–H and O–H groups in total. The van der Waals surface area contributed by atoms with Crippen LogP contribution in [0, 0.1) is 39.0 Å². The average Bonchev–Trinajstić information content (AvgIpc) is 3.94. The molecule has 0 spiro atoms. The van der Waals surface area contributed by atoms with E-state index < -0.39 is 61.8 Å². The van der Waals surface area contributed by atoms with Crippen LogP contribution in [-0.2, 0) is 40.5 Å². The second-order valence-corrected chi connectivity index (χ2v) is 24.7. The molecule has 8 rings (SSSR count). The Labute approximate surface area is 435 Å². The number of azo groups is 3. The first-order valence-electron chi connectivity index (χ1n) is 21.8. The number of nitrogens with zero attached hydrogens (tertiary/aromatic N) is 10. The van der Waals surface area contributed by atoms with Crippen molar-refractivity contribution in [1.29, 1.82) is 5.26 Å². The molecule has 8 aromatic rings. The number of benzene rings is 5. The van der Waals surface area contributed by atoms with Gasteiger partial charge in [-0.25, -0.2) is 9.97 Å². The van der Waals surface area contributed by atoms with Gasteiger partial charge in [-0.3, -0.25) is 22.6 Å². The lowest BCUT2D eigenvalue weighted by Crippen LogP contribution is -2.08. The third-order valence-corrected chi connectivity index (χ3v) is 16.7. The van der Waals surface area contributed by atoms with Gasteiger partial charge >= 0.3 is 0 Å². The summed E-state index contributed by atoms with van der Waals surface area (Å²) in [6, 6.07) is 18.2. The van der Waals surface area contributed by atoms with Crippen molar-refractivity contribution in [2.24, 2.45) is 30.7 Å². The van der Waals surface area contributed by atoms with Gasteiger partial charge in [0, 0.05) is 21.9 Å². The van der Waals surface area contributed by atoms with Gasteiger partial charge in [-0.15, -0.1) is 37.3 Å². The molecule has 24 nitrogen and oxygen atoms in total. The van der Waals surface area contributed by atoms with Crippen LogP contribution >= 0.6 is 23.1 Å². The van der Waals surface area contributed by atoms with Crippen LogP contribution in [0.2, 0.25) is 0 Å². The first-order valence-corrected chi connectivity index (χ1v) is 29.7. The van der Waals surface area contributed by atoms with Crippen molar-refractivity contribution in [3.8, 4) is 17.7 Å². The molecule has 0 amide bonds. The summed E-state index contributed by atoms with van der Waals surface area (Å²) in [7, 11) is -18.2. The molecule has 0 aliphatic carbocycles. The highest BCUT2D eigenvalue weighted by atomic mass is 32.2. The minimum absolute atomic E-state index is 0.0227. The number of nitriles is 1. The van der Waals surface area contributed by atoms with E-state index in [2.05, 4.69) is 46.7 Å². The second-order valence-electron chi connectivity index (χ2n) is 16.7. The first-order chi connectivity index (χ1) is 35.2. The number of rotatable bonds is 18. The number of aromatic nitrogens is 3. The zero-order valence-corrected chi connectivity index (χ0v) is 44.3. The number of hydrogen-bond acceptors (Lipinski definition) is 21. The molecule has 0 saturated carbocycles. The molecule has 0 bridgehead atoms. The minimum atomic E-state index is -4.86. The van der Waals surface area contributed by atoms with Gasteiger partial charge in [-0.2, -0.15) is 44.0 Å². The third-order valence-electron chi connectivity index (χ3n) is 11.3. The number of thioether (sulfide) groups is 1. The quantitative estimate of drug-likeness (QED) is 0.0231. The minimum Gasteiger partial charge on any atom is -0.493 e. The highest BCUT2D eigenvalue weighted by Crippen LogP contribution is 2.44. The van der Waals surface area contributed by atoms with E-state index >= 15 is 0 Å². The number of aromatic hydroxyl groups is 1. The van der Waals surface area contributed by atoms with Gasteiger partial charge in [0.15, 0.2) is 11.3 Å². The van der Waals surface area contributed by atoms with Crippen molar-refractivity contribution < 1.29 is 61.7 Å². The summed E-state index contributed by atoms with van der Waals surface area (Å²) in [5, 5.41) is 48.4. The molecule has 75 heavy (non-hydrogen) atoms. The fourth-order valence-electron chi connectivity index (χ4n) is 7.64. The van der Waals surface area contributed by atoms with Crippen LogP contribution in [-0.4, -0.2) is 95.2 Å². The normalized spacial score (nSPS) is 12.9. The van der Waals surface area contributed by atoms with Crippen molar-refractivity contribution >= 4 is 135 Å². The molecule has 0 fully saturated rings. The van der Waals surface area contributed by atoms with Crippen LogP contribution in [0.4, 0.5) is 33.6 Å². The number of para-hydroxylation sites is 1. The fraction of sp³-hybridized carbons (Fsp3) is 0.222. The Hall–Kier alpha value is -6.92. The number of ether oxygens (including phenoxy) is 1. The van der Waals surface area contributed by atoms with Crippen LogP contribution in [0.5, 0.6) is 11.6 Å². The largest absolute Gasteiger partial charge is 0.493 e. The fourth-order valence-corrected chi connectivity index (χ4v) is 11.9. The van der Waals surface area contributed by atoms with Crippen LogP contribution in [0.3, 0.4) is 0 Å². The van der Waals surface area contributed by atoms with Gasteiger partial charge in [0.25, 0.3) is 40.5 Å². The van der Waals surface area contributed by atoms with Gasteiger partial charge in [0.1, 0.15) is 33.5 Å². The molecule has 0 aliphatic rings. The van der Waals surface area contributed by atoms with Crippen LogP contribution in [0.15, 0.2) is 112 Å². The predicted octanol–water partition coefficient (Wildman–Crippen LogP) is 10.8. The molecule has 30 heteroatoms. The number of pyridine rings is 1. The summed E-state index contributed by atoms with van der Waals surface area (Å²) in [6.07, 6.45) is -0.106. The number of hydrogen-bond donors (Lipinski definition) is 5. The summed E-state index contributed by atoms with van der Waals surface area (Å²) in [5.41, 5.74) is 4.05. The molecule has 0 aliphatic heterocycles. The third kappa shape index (κ3) is 12.1. The zero-order chi connectivity index (χ0) is 54.4. The summed E-state index contributed by atoms with van der Waals surface area (Å²) >= 11 is 1.96. The lowest BCUT2D eigenvalue weighted by molar-refractivity contribution is 0.317. The van der Waals surface area contributed by atoms with Gasteiger partial charge in [0.05, 0.1) is 55.8 Å². The van der Waals surface area contributed by atoms with Crippen LogP contribution in [0.1, 0.15) is 40.7 Å². The van der Waals surface area contributed by atoms with Crippen LogP contribution in [0.25, 0.3) is 37.7 Å². The number of aryl methyl sites for hydroxylation is 3. The molecule has 390 valence electrons. The van der Waals surface area contributed by atoms with E-state index in [1.54, 1.807) is 51.1 Å². The van der Waals surface area contributed by atoms with Crippen molar-refractivity contribution in [1.82, 2.24) is 14.4 Å². The highest BCUT2D eigenvalue weighted by molar-refractivity contribution is 7.99. The van der Waals surface area contributed by atoms with Gasteiger partial charge in [-0.05, 0) is 111 Å². The Morgan fingerprint density at radius 1 is 0.707 bits per heavy atom. The second kappa shape index (κ2) is 21.0. The van der Waals surface area contributed by atoms with E-state index in [0.717, 1.165) is 46.9 Å². The van der Waals surface area contributed by atoms with Crippen LogP contribution < -0.4 is 4.74 Å². The molecule has 3 heterocycles. The van der Waals surface area contributed by atoms with Crippen molar-refractivity contribution in [3.05, 3.63) is 94.5 Å². The maximum Gasteiger partial charge on any atom is 0.296 e. The maximum atomic E-state index is 12.4. The molecule has 0 radical (unpaired) electrons. The molecule has 5 aromatic carbocycles. The van der Waals surface area contributed by atoms with Gasteiger partial charge in [0.2, 0.25) is 11.0 Å². The smallest absolute Gasteiger partial charge is 0.296 e. The summed E-state index contributed by atoms with van der Waals surface area (Å²) in [6.45, 7) is 6.55. The number of thiazole rings is 1. The van der Waals surface area contributed by atoms with Gasteiger partial charge in [-0.1, -0.05) is 29.5 Å². The highest BCUT2D eigenvalue weighted by Gasteiger charge is 2.24. The summed E-state index contributed by atoms with van der Waals surface area (Å²) in [5.74, 6) is -1.30. The topological polar surface area (TPSA) is 375 Å². The Morgan fingerprint density at radius 3 is 2.04 bits per heavy atom. The monoisotopic (exact) mass is 1140 g/mol. The van der Waals surface area contributed by atoms with E-state index in [1.165, 1.54) is 16.5 Å². The number of fused-ring (bicyclic) bond motifs is 6. The zero-order valence-electron chi connectivity index (χ0n) is 39.4. The van der Waals surface area contributed by atoms with Crippen molar-refractivity contribution in [2.45, 2.75) is 55.2 Å². The SMILES string of the molecule is Cc1cc(N=Nc2cc(OCCCS(=O)(=O)O)c(N=Nc3c(C)c(C#N)c4nc5c(C)cccc5n4c3O)cc2C)c(SCCCS(=O)(=O)O)cc1N=Nc1nc2c(S(=O)(=O)O)cc3ccc(S(=O)(=O)O)cc3c2s1. The molecular weight excluding hydrogens is 1100 g/mol. The lowest BCUT2D eigenvalue weighted by Gasteiger charge is -2.12. The van der Waals surface area contributed by atoms with E-state index in [1.807, 2.05) is 13.0 Å². The first kappa shape index (κ1) is 54.3. The molecule has 0 unspecified atom stereocenters. The molecule has 0 saturated heterocycles. The molecule has 0 atom stereocenters. The Balaban J connectivity index is 1.17. The van der Waals surface area contributed by atoms with E-state index in [-0.39, 0.29) is 108 Å². The van der Waals surface area contributed by atoms with E-state index in [0.29, 0.717) is 27.1 Å². The van der Waals surface area contributed by atoms with E-state index in [4.69, 9.17) is 4.74 Å². The standard InChI is InChI=1S/C45H40N10O14S6/c1-23-8-5-9-35-39(23)47-43-30(22-46)26(4)40(44(56)55(35)43)53-51-33-16-24(2)31(20-36(33)69-12-6-14-72(57,58)59)49-52-34-17-25(3)32(21-37(34)70-13-7-15-73(60,61)62)50-54-45-48-41-38(75(66,67)68)18-27-10-11-28(74(63,64)65)19-29(27)42(41)71-45/h5,8-11,16-21,56H,6-7,12-15H2,1-4H3,(H,57,58,59)(H,60,61,62)(H,63,64,65)(H,66,67,68). The van der Waals surface area contributed by atoms with Crippen molar-refractivity contribution in [2.75, 3.05) is 23.9 Å². The Morgan fingerprint density at radius 2 is 1.36 bits per heavy atom. The van der Waals surface area contributed by atoms with Crippen molar-refractivity contribution in [3.63, 3.8) is 0 Å². The van der Waals surface area contributed by atoms with Gasteiger partial charge < -0.3 is 9.84 Å². The Bertz CT molecular complexity index is 4290. The molecular formula is C45H40N10O14S6.